The third-order valence-electron chi connectivity index (χ3n) is 5.68. The second-order valence-corrected chi connectivity index (χ2v) is 7.50. The van der Waals surface area contributed by atoms with Gasteiger partial charge in [0.15, 0.2) is 5.78 Å². The monoisotopic (exact) mass is 331 g/mol. The molecule has 1 heterocycles. The van der Waals surface area contributed by atoms with E-state index in [1.54, 1.807) is 0 Å². The average molecular weight is 331 g/mol. The first-order valence-electron chi connectivity index (χ1n) is 9.51. The van der Waals surface area contributed by atoms with Gasteiger partial charge in [0, 0.05) is 5.56 Å². The molecule has 2 nitrogen and oxygen atoms in total. The summed E-state index contributed by atoms with van der Waals surface area (Å²) < 4.78 is 0. The normalized spacial score (nSPS) is 19.0. The van der Waals surface area contributed by atoms with Gasteiger partial charge in [-0.15, -0.1) is 0 Å². The minimum Gasteiger partial charge on any atom is -0.294 e. The van der Waals surface area contributed by atoms with Crippen molar-refractivity contribution in [1.29, 1.82) is 0 Å². The largest absolute Gasteiger partial charge is 0.294 e. The lowest BCUT2D eigenvalue weighted by atomic mass is 9.79. The average Bonchev–Trinajstić information content (AvgIpc) is 2.87. The molecule has 1 fully saturated rings. The van der Waals surface area contributed by atoms with Crippen LogP contribution in [0, 0.1) is 0 Å². The highest BCUT2D eigenvalue weighted by molar-refractivity contribution is 6.16. The van der Waals surface area contributed by atoms with Crippen LogP contribution in [0.5, 0.6) is 0 Å². The number of ketones is 1. The smallest absolute Gasteiger partial charge is 0.168 e. The molecule has 0 N–H and O–H groups in total. The van der Waals surface area contributed by atoms with Crippen LogP contribution in [0.3, 0.4) is 0 Å². The molecule has 2 heteroatoms. The van der Waals surface area contributed by atoms with Crippen LogP contribution in [0.1, 0.15) is 66.4 Å². The van der Waals surface area contributed by atoms with Crippen molar-refractivity contribution >= 4 is 11.5 Å². The summed E-state index contributed by atoms with van der Waals surface area (Å²) in [5.74, 6) is 0.167. The molecule has 2 aromatic rings. The Morgan fingerprint density at radius 2 is 1.56 bits per heavy atom. The molecule has 1 spiro atoms. The van der Waals surface area contributed by atoms with Gasteiger partial charge >= 0.3 is 0 Å². The number of nitrogens with zero attached hydrogens (tertiary/aromatic N) is 1. The number of hydrogen-bond acceptors (Lipinski definition) is 2. The second kappa shape index (κ2) is 6.95. The van der Waals surface area contributed by atoms with Crippen LogP contribution in [0.15, 0.2) is 59.6 Å². The molecule has 1 aliphatic heterocycles. The fourth-order valence-corrected chi connectivity index (χ4v) is 4.38. The summed E-state index contributed by atoms with van der Waals surface area (Å²) in [4.78, 5) is 18.0. The third-order valence-corrected chi connectivity index (χ3v) is 5.68. The third kappa shape index (κ3) is 3.44. The molecule has 0 aromatic heterocycles. The van der Waals surface area contributed by atoms with Gasteiger partial charge in [0.2, 0.25) is 0 Å². The van der Waals surface area contributed by atoms with Crippen LogP contribution in [0.4, 0.5) is 0 Å². The Hall–Kier alpha value is -2.22. The predicted molar refractivity (Wildman–Crippen MR) is 103 cm³/mol. The van der Waals surface area contributed by atoms with Gasteiger partial charge in [-0.25, -0.2) is 0 Å². The van der Waals surface area contributed by atoms with Crippen molar-refractivity contribution in [2.24, 2.45) is 4.99 Å². The number of rotatable bonds is 3. The predicted octanol–water partition coefficient (Wildman–Crippen LogP) is 5.40. The van der Waals surface area contributed by atoms with Crippen molar-refractivity contribution in [3.8, 4) is 0 Å². The Morgan fingerprint density at radius 3 is 2.32 bits per heavy atom. The van der Waals surface area contributed by atoms with Crippen LogP contribution >= 0.6 is 0 Å². The van der Waals surface area contributed by atoms with E-state index >= 15 is 0 Å². The highest BCUT2D eigenvalue weighted by Gasteiger charge is 2.35. The first kappa shape index (κ1) is 16.3. The lowest BCUT2D eigenvalue weighted by Crippen LogP contribution is -2.35. The molecule has 0 radical (unpaired) electrons. The minimum atomic E-state index is 0.0250. The standard InChI is InChI=1S/C23H25NO/c25-22(18-10-4-3-5-11-18)16-21-20-13-7-6-12-19(20)17-23(24-21)14-8-1-2-9-15-23/h3-7,10-13H,1-2,8-9,14-17H2. The van der Waals surface area contributed by atoms with Gasteiger partial charge < -0.3 is 0 Å². The van der Waals surface area contributed by atoms with E-state index in [0.29, 0.717) is 6.42 Å². The maximum atomic E-state index is 12.8. The first-order chi connectivity index (χ1) is 12.3. The highest BCUT2D eigenvalue weighted by Crippen LogP contribution is 2.38. The second-order valence-electron chi connectivity index (χ2n) is 7.50. The fourth-order valence-electron chi connectivity index (χ4n) is 4.38. The van der Waals surface area contributed by atoms with Crippen LogP contribution < -0.4 is 0 Å². The highest BCUT2D eigenvalue weighted by atomic mass is 16.1. The van der Waals surface area contributed by atoms with E-state index in [1.165, 1.54) is 36.8 Å². The van der Waals surface area contributed by atoms with E-state index in [1.807, 2.05) is 30.3 Å². The molecular weight excluding hydrogens is 306 g/mol. The Bertz CT molecular complexity index is 783. The topological polar surface area (TPSA) is 29.4 Å². The summed E-state index contributed by atoms with van der Waals surface area (Å²) in [5, 5.41) is 0. The minimum absolute atomic E-state index is 0.0250. The quantitative estimate of drug-likeness (QED) is 0.693. The van der Waals surface area contributed by atoms with E-state index in [9.17, 15) is 4.79 Å². The molecule has 0 atom stereocenters. The van der Waals surface area contributed by atoms with Gasteiger partial charge in [0.1, 0.15) is 0 Å². The van der Waals surface area contributed by atoms with Gasteiger partial charge in [-0.3, -0.25) is 9.79 Å². The summed E-state index contributed by atoms with van der Waals surface area (Å²) in [7, 11) is 0. The number of Topliss-reactive ketones (excluding diaryl/α,β-unsaturated/α-hetero) is 1. The van der Waals surface area contributed by atoms with Gasteiger partial charge in [0.25, 0.3) is 0 Å². The molecule has 25 heavy (non-hydrogen) atoms. The van der Waals surface area contributed by atoms with Crippen molar-refractivity contribution in [3.05, 3.63) is 71.3 Å². The summed E-state index contributed by atoms with van der Waals surface area (Å²) in [6.07, 6.45) is 8.90. The van der Waals surface area contributed by atoms with Crippen molar-refractivity contribution in [1.82, 2.24) is 0 Å². The number of aliphatic imine (C=N–C) groups is 1. The fraction of sp³-hybridized carbons (Fsp3) is 0.391. The van der Waals surface area contributed by atoms with Gasteiger partial charge in [-0.05, 0) is 30.4 Å². The van der Waals surface area contributed by atoms with E-state index in [0.717, 1.165) is 30.5 Å². The molecule has 4 rings (SSSR count). The number of benzene rings is 2. The molecule has 2 aliphatic rings. The molecule has 0 bridgehead atoms. The SMILES string of the molecule is O=C(CC1=NC2(CCCCCC2)Cc2ccccc21)c1ccccc1. The van der Waals surface area contributed by atoms with Gasteiger partial charge in [0.05, 0.1) is 17.7 Å². The zero-order valence-electron chi connectivity index (χ0n) is 14.7. The lowest BCUT2D eigenvalue weighted by molar-refractivity contribution is 0.100. The number of hydrogen-bond donors (Lipinski definition) is 0. The van der Waals surface area contributed by atoms with E-state index in [4.69, 9.17) is 4.99 Å². The zero-order valence-corrected chi connectivity index (χ0v) is 14.7. The first-order valence-corrected chi connectivity index (χ1v) is 9.51. The molecule has 0 unspecified atom stereocenters. The molecule has 2 aromatic carbocycles. The Kier molecular flexibility index (Phi) is 4.52. The van der Waals surface area contributed by atoms with E-state index < -0.39 is 0 Å². The van der Waals surface area contributed by atoms with Crippen molar-refractivity contribution in [3.63, 3.8) is 0 Å². The summed E-state index contributed by atoms with van der Waals surface area (Å²) in [6.45, 7) is 0. The van der Waals surface area contributed by atoms with Crippen LogP contribution in [-0.4, -0.2) is 17.0 Å². The molecular formula is C23H25NO. The van der Waals surface area contributed by atoms with Crippen LogP contribution in [-0.2, 0) is 6.42 Å². The van der Waals surface area contributed by atoms with Gasteiger partial charge in [-0.2, -0.15) is 0 Å². The number of fused-ring (bicyclic) bond motifs is 1. The van der Waals surface area contributed by atoms with Gasteiger partial charge in [-0.1, -0.05) is 80.3 Å². The molecule has 128 valence electrons. The van der Waals surface area contributed by atoms with Crippen LogP contribution in [0.25, 0.3) is 0 Å². The Balaban J connectivity index is 1.69. The van der Waals surface area contributed by atoms with E-state index in [-0.39, 0.29) is 11.3 Å². The Labute approximate surface area is 150 Å². The summed E-state index contributed by atoms with van der Waals surface area (Å²) >= 11 is 0. The van der Waals surface area contributed by atoms with Crippen molar-refractivity contribution in [2.75, 3.05) is 0 Å². The molecule has 1 saturated carbocycles. The maximum Gasteiger partial charge on any atom is 0.168 e. The van der Waals surface area contributed by atoms with E-state index in [2.05, 4.69) is 24.3 Å². The Morgan fingerprint density at radius 1 is 0.880 bits per heavy atom. The molecule has 0 saturated heterocycles. The maximum absolute atomic E-state index is 12.8. The summed E-state index contributed by atoms with van der Waals surface area (Å²) in [5.41, 5.74) is 4.36. The van der Waals surface area contributed by atoms with Crippen molar-refractivity contribution < 1.29 is 4.79 Å². The summed E-state index contributed by atoms with van der Waals surface area (Å²) in [6, 6.07) is 18.1. The zero-order chi connectivity index (χ0) is 17.1. The lowest BCUT2D eigenvalue weighted by Gasteiger charge is -2.35. The van der Waals surface area contributed by atoms with Crippen LogP contribution in [0.2, 0.25) is 0 Å². The molecule has 1 aliphatic carbocycles. The number of carbonyl (C=O) groups excluding carboxylic acids is 1. The van der Waals surface area contributed by atoms with Crippen molar-refractivity contribution in [2.45, 2.75) is 56.9 Å². The number of carbonyl (C=O) groups is 1. The molecule has 0 amide bonds.